The fourth-order valence-corrected chi connectivity index (χ4v) is 3.63. The van der Waals surface area contributed by atoms with Crippen molar-refractivity contribution in [1.82, 2.24) is 4.90 Å². The first-order chi connectivity index (χ1) is 9.61. The van der Waals surface area contributed by atoms with Crippen molar-refractivity contribution in [2.24, 2.45) is 5.73 Å². The number of amides is 1. The van der Waals surface area contributed by atoms with Gasteiger partial charge in [0.15, 0.2) is 0 Å². The van der Waals surface area contributed by atoms with Gasteiger partial charge >= 0.3 is 0 Å². The van der Waals surface area contributed by atoms with Crippen LogP contribution in [0.25, 0.3) is 0 Å². The Kier molecular flexibility index (Phi) is 3.42. The molecule has 3 N–H and O–H groups in total. The lowest BCUT2D eigenvalue weighted by molar-refractivity contribution is -0.124. The van der Waals surface area contributed by atoms with Crippen molar-refractivity contribution in [1.29, 1.82) is 0 Å². The van der Waals surface area contributed by atoms with Crippen LogP contribution in [-0.4, -0.2) is 35.5 Å². The molecule has 2 aliphatic rings. The van der Waals surface area contributed by atoms with Crippen LogP contribution in [0.4, 0.5) is 5.69 Å². The molecule has 0 aliphatic carbocycles. The van der Waals surface area contributed by atoms with Crippen molar-refractivity contribution in [2.45, 2.75) is 44.2 Å². The highest BCUT2D eigenvalue weighted by Crippen LogP contribution is 2.35. The van der Waals surface area contributed by atoms with E-state index < -0.39 is 5.54 Å². The fourth-order valence-electron chi connectivity index (χ4n) is 3.63. The van der Waals surface area contributed by atoms with Crippen molar-refractivity contribution in [3.8, 4) is 0 Å². The lowest BCUT2D eigenvalue weighted by Gasteiger charge is -2.43. The summed E-state index contributed by atoms with van der Waals surface area (Å²) in [5, 5.41) is 3.47. The molecule has 2 atom stereocenters. The molecule has 0 radical (unpaired) electrons. The second-order valence-electron chi connectivity index (χ2n) is 6.17. The highest BCUT2D eigenvalue weighted by molar-refractivity contribution is 5.88. The van der Waals surface area contributed by atoms with Crippen LogP contribution in [0.2, 0.25) is 0 Å². The van der Waals surface area contributed by atoms with Gasteiger partial charge < -0.3 is 16.0 Å². The summed E-state index contributed by atoms with van der Waals surface area (Å²) in [6, 6.07) is 8.60. The summed E-state index contributed by atoms with van der Waals surface area (Å²) >= 11 is 0. The summed E-state index contributed by atoms with van der Waals surface area (Å²) in [7, 11) is 0. The summed E-state index contributed by atoms with van der Waals surface area (Å²) in [5.41, 5.74) is 7.36. The molecule has 2 fully saturated rings. The zero-order valence-electron chi connectivity index (χ0n) is 12.1. The van der Waals surface area contributed by atoms with Crippen LogP contribution >= 0.6 is 0 Å². The Bertz CT molecular complexity index is 516. The van der Waals surface area contributed by atoms with Gasteiger partial charge in [-0.1, -0.05) is 18.2 Å². The maximum atomic E-state index is 12.1. The number of hydrogen-bond acceptors (Lipinski definition) is 3. The van der Waals surface area contributed by atoms with E-state index in [4.69, 9.17) is 5.73 Å². The number of hydrogen-bond donors (Lipinski definition) is 2. The molecule has 0 spiro atoms. The second-order valence-corrected chi connectivity index (χ2v) is 6.17. The number of fused-ring (bicyclic) bond motifs is 1. The number of nitrogens with one attached hydrogen (secondary N) is 1. The average Bonchev–Trinajstić information content (AvgIpc) is 2.88. The quantitative estimate of drug-likeness (QED) is 0.884. The number of carbonyl (C=O) groups excluding carboxylic acids is 1. The molecule has 2 heterocycles. The van der Waals surface area contributed by atoms with Gasteiger partial charge in [0.2, 0.25) is 5.91 Å². The number of piperidine rings is 1. The van der Waals surface area contributed by atoms with E-state index in [1.54, 1.807) is 0 Å². The van der Waals surface area contributed by atoms with E-state index in [9.17, 15) is 4.79 Å². The number of aryl methyl sites for hydroxylation is 1. The molecular formula is C16H23N3O. The van der Waals surface area contributed by atoms with Crippen molar-refractivity contribution in [3.63, 3.8) is 0 Å². The molecule has 1 aromatic carbocycles. The summed E-state index contributed by atoms with van der Waals surface area (Å²) in [6.45, 7) is 4.19. The molecule has 4 nitrogen and oxygen atoms in total. The van der Waals surface area contributed by atoms with E-state index in [-0.39, 0.29) is 5.91 Å². The summed E-state index contributed by atoms with van der Waals surface area (Å²) < 4.78 is 0. The summed E-state index contributed by atoms with van der Waals surface area (Å²) in [6.07, 6.45) is 4.05. The minimum atomic E-state index is -0.586. The number of primary amides is 1. The van der Waals surface area contributed by atoms with E-state index in [2.05, 4.69) is 23.2 Å². The van der Waals surface area contributed by atoms with Gasteiger partial charge in [0.1, 0.15) is 5.54 Å². The van der Waals surface area contributed by atoms with E-state index in [0.29, 0.717) is 6.04 Å². The van der Waals surface area contributed by atoms with Crippen LogP contribution in [0.5, 0.6) is 0 Å². The van der Waals surface area contributed by atoms with Crippen molar-refractivity contribution in [3.05, 3.63) is 29.8 Å². The topological polar surface area (TPSA) is 58.4 Å². The smallest absolute Gasteiger partial charge is 0.243 e. The van der Waals surface area contributed by atoms with E-state index >= 15 is 0 Å². The molecule has 3 rings (SSSR count). The lowest BCUT2D eigenvalue weighted by atomic mass is 9.82. The number of para-hydroxylation sites is 1. The fraction of sp³-hybridized carbons (Fsp3) is 0.562. The minimum Gasteiger partial charge on any atom is -0.371 e. The molecule has 2 unspecified atom stereocenters. The Hall–Kier alpha value is -1.55. The van der Waals surface area contributed by atoms with Gasteiger partial charge in [0.25, 0.3) is 0 Å². The molecule has 4 heteroatoms. The largest absolute Gasteiger partial charge is 0.371 e. The molecular weight excluding hydrogens is 250 g/mol. The molecule has 2 saturated heterocycles. The number of rotatable bonds is 3. The lowest BCUT2D eigenvalue weighted by Crippen LogP contribution is -2.59. The molecule has 0 bridgehead atoms. The van der Waals surface area contributed by atoms with Gasteiger partial charge in [-0.25, -0.2) is 0 Å². The maximum absolute atomic E-state index is 12.1. The Morgan fingerprint density at radius 3 is 2.95 bits per heavy atom. The molecule has 0 saturated carbocycles. The van der Waals surface area contributed by atoms with Gasteiger partial charge in [-0.05, 0) is 50.8 Å². The molecule has 20 heavy (non-hydrogen) atoms. The third kappa shape index (κ3) is 2.29. The van der Waals surface area contributed by atoms with Gasteiger partial charge in [-0.2, -0.15) is 0 Å². The molecule has 108 valence electrons. The van der Waals surface area contributed by atoms with Crippen LogP contribution in [0.3, 0.4) is 0 Å². The van der Waals surface area contributed by atoms with Crippen LogP contribution in [0.1, 0.15) is 31.2 Å². The van der Waals surface area contributed by atoms with Crippen LogP contribution in [-0.2, 0) is 4.79 Å². The van der Waals surface area contributed by atoms with E-state index in [1.807, 2.05) is 18.2 Å². The average molecular weight is 273 g/mol. The Morgan fingerprint density at radius 2 is 2.20 bits per heavy atom. The minimum absolute atomic E-state index is 0.215. The van der Waals surface area contributed by atoms with Gasteiger partial charge in [-0.3, -0.25) is 4.79 Å². The predicted molar refractivity (Wildman–Crippen MR) is 80.6 cm³/mol. The van der Waals surface area contributed by atoms with Crippen molar-refractivity contribution >= 4 is 11.6 Å². The molecule has 1 aromatic rings. The Morgan fingerprint density at radius 1 is 1.40 bits per heavy atom. The Balaban J connectivity index is 1.85. The van der Waals surface area contributed by atoms with Gasteiger partial charge in [-0.15, -0.1) is 0 Å². The van der Waals surface area contributed by atoms with Crippen LogP contribution in [0, 0.1) is 6.92 Å². The third-order valence-corrected chi connectivity index (χ3v) is 4.90. The van der Waals surface area contributed by atoms with Crippen molar-refractivity contribution in [2.75, 3.05) is 18.4 Å². The van der Waals surface area contributed by atoms with E-state index in [1.165, 1.54) is 19.4 Å². The maximum Gasteiger partial charge on any atom is 0.243 e. The third-order valence-electron chi connectivity index (χ3n) is 4.90. The molecule has 0 aromatic heterocycles. The molecule has 2 aliphatic heterocycles. The summed E-state index contributed by atoms with van der Waals surface area (Å²) in [4.78, 5) is 14.6. The highest BCUT2D eigenvalue weighted by Gasteiger charge is 2.45. The first-order valence-electron chi connectivity index (χ1n) is 7.48. The Labute approximate surface area is 120 Å². The number of anilines is 1. The number of carbonyl (C=O) groups is 1. The number of nitrogens with two attached hydrogens (primary N) is 1. The monoisotopic (exact) mass is 273 g/mol. The normalized spacial score (nSPS) is 29.9. The first-order valence-corrected chi connectivity index (χ1v) is 7.48. The zero-order valence-corrected chi connectivity index (χ0v) is 12.1. The van der Waals surface area contributed by atoms with Crippen molar-refractivity contribution < 1.29 is 4.79 Å². The standard InChI is InChI=1S/C16H23N3O/c1-12-5-2-3-7-14(12)18-16(15(17)20)8-10-19-9-4-6-13(19)11-16/h2-3,5,7,13,18H,4,6,8-11H2,1H3,(H2,17,20). The second kappa shape index (κ2) is 5.09. The zero-order chi connectivity index (χ0) is 14.2. The number of nitrogens with zero attached hydrogens (tertiary/aromatic N) is 1. The van der Waals surface area contributed by atoms with E-state index in [0.717, 1.165) is 30.6 Å². The molecule has 1 amide bonds. The van der Waals surface area contributed by atoms with Gasteiger partial charge in [0, 0.05) is 18.3 Å². The van der Waals surface area contributed by atoms with Gasteiger partial charge in [0.05, 0.1) is 0 Å². The SMILES string of the molecule is Cc1ccccc1NC1(C(N)=O)CCN2CCCC2C1. The first kappa shape index (κ1) is 13.4. The predicted octanol–water partition coefficient (Wildman–Crippen LogP) is 1.89. The number of benzene rings is 1. The highest BCUT2D eigenvalue weighted by atomic mass is 16.1. The van der Waals surface area contributed by atoms with Crippen LogP contribution in [0.15, 0.2) is 24.3 Å². The summed E-state index contributed by atoms with van der Waals surface area (Å²) in [5.74, 6) is -0.215. The van der Waals surface area contributed by atoms with Crippen LogP contribution < -0.4 is 11.1 Å².